The first-order valence-corrected chi connectivity index (χ1v) is 9.87. The standard InChI is InChI=1S/C23H23ClFNO4/c1-23(2,3)17(12-27)15-10-16(22(29)30)21(28)26-11-13(7-8-19(15)26)9-14-5-4-6-18(24)20(14)25/h4-8,10-11,17,27H,9,12H2,1-3H3,(H,29,30)/t17-/m0/s1. The van der Waals surface area contributed by atoms with E-state index in [-0.39, 0.29) is 34.9 Å². The molecule has 3 rings (SSSR count). The highest BCUT2D eigenvalue weighted by atomic mass is 35.5. The number of halogens is 2. The summed E-state index contributed by atoms with van der Waals surface area (Å²) in [6.45, 7) is 5.61. The minimum absolute atomic E-state index is 0.0110. The zero-order valence-electron chi connectivity index (χ0n) is 16.9. The van der Waals surface area contributed by atoms with Crippen LogP contribution in [0.1, 0.15) is 53.7 Å². The number of fused-ring (bicyclic) bond motifs is 1. The highest BCUT2D eigenvalue weighted by Gasteiger charge is 2.29. The van der Waals surface area contributed by atoms with Gasteiger partial charge in [-0.3, -0.25) is 9.20 Å². The van der Waals surface area contributed by atoms with E-state index in [0.29, 0.717) is 22.2 Å². The first-order valence-electron chi connectivity index (χ1n) is 9.49. The van der Waals surface area contributed by atoms with Crippen molar-refractivity contribution in [1.29, 1.82) is 0 Å². The summed E-state index contributed by atoms with van der Waals surface area (Å²) in [6.07, 6.45) is 1.70. The van der Waals surface area contributed by atoms with Crippen molar-refractivity contribution in [3.05, 3.63) is 86.0 Å². The molecule has 0 aliphatic carbocycles. The summed E-state index contributed by atoms with van der Waals surface area (Å²) in [6, 6.07) is 9.52. The summed E-state index contributed by atoms with van der Waals surface area (Å²) < 4.78 is 15.6. The summed E-state index contributed by atoms with van der Waals surface area (Å²) in [5, 5.41) is 19.5. The molecule has 2 N–H and O–H groups in total. The number of aromatic nitrogens is 1. The quantitative estimate of drug-likeness (QED) is 0.623. The summed E-state index contributed by atoms with van der Waals surface area (Å²) in [5.41, 5.74) is 0.640. The molecule has 0 unspecified atom stereocenters. The van der Waals surface area contributed by atoms with Crippen LogP contribution < -0.4 is 5.56 Å². The molecule has 1 aromatic carbocycles. The van der Waals surface area contributed by atoms with Crippen LogP contribution in [-0.2, 0) is 6.42 Å². The van der Waals surface area contributed by atoms with Gasteiger partial charge in [0.05, 0.1) is 17.1 Å². The number of hydrogen-bond acceptors (Lipinski definition) is 3. The third-order valence-corrected chi connectivity index (χ3v) is 5.61. The molecule has 0 amide bonds. The predicted molar refractivity (Wildman–Crippen MR) is 114 cm³/mol. The second kappa shape index (κ2) is 8.20. The van der Waals surface area contributed by atoms with Gasteiger partial charge in [-0.2, -0.15) is 0 Å². The molecule has 0 aliphatic rings. The third kappa shape index (κ3) is 4.11. The second-order valence-corrected chi connectivity index (χ2v) is 8.81. The molecule has 1 atom stereocenters. The fourth-order valence-electron chi connectivity index (χ4n) is 3.65. The number of aliphatic hydroxyl groups excluding tert-OH is 1. The van der Waals surface area contributed by atoms with E-state index in [9.17, 15) is 24.2 Å². The average Bonchev–Trinajstić information content (AvgIpc) is 2.66. The highest BCUT2D eigenvalue weighted by molar-refractivity contribution is 6.30. The van der Waals surface area contributed by atoms with Gasteiger partial charge in [-0.25, -0.2) is 9.18 Å². The van der Waals surface area contributed by atoms with Gasteiger partial charge in [-0.1, -0.05) is 50.6 Å². The largest absolute Gasteiger partial charge is 0.477 e. The first-order chi connectivity index (χ1) is 14.0. The molecular weight excluding hydrogens is 409 g/mol. The molecule has 0 bridgehead atoms. The molecule has 2 heterocycles. The van der Waals surface area contributed by atoms with E-state index in [1.807, 2.05) is 20.8 Å². The Morgan fingerprint density at radius 2 is 1.93 bits per heavy atom. The van der Waals surface area contributed by atoms with E-state index in [1.165, 1.54) is 22.7 Å². The number of rotatable bonds is 5. The molecule has 5 nitrogen and oxygen atoms in total. The fourth-order valence-corrected chi connectivity index (χ4v) is 3.84. The van der Waals surface area contributed by atoms with Crippen LogP contribution in [-0.4, -0.2) is 27.2 Å². The average molecular weight is 432 g/mol. The molecule has 0 fully saturated rings. The molecule has 0 saturated carbocycles. The van der Waals surface area contributed by atoms with Gasteiger partial charge in [0.2, 0.25) is 0 Å². The monoisotopic (exact) mass is 431 g/mol. The van der Waals surface area contributed by atoms with Gasteiger partial charge in [0, 0.05) is 18.5 Å². The molecule has 158 valence electrons. The first kappa shape index (κ1) is 22.0. The lowest BCUT2D eigenvalue weighted by molar-refractivity contribution is 0.0694. The minimum Gasteiger partial charge on any atom is -0.477 e. The number of aliphatic hydroxyl groups is 1. The van der Waals surface area contributed by atoms with Crippen LogP contribution >= 0.6 is 11.6 Å². The number of carboxylic acid groups (broad SMARTS) is 1. The van der Waals surface area contributed by atoms with E-state index in [2.05, 4.69) is 0 Å². The van der Waals surface area contributed by atoms with E-state index in [0.717, 1.165) is 0 Å². The summed E-state index contributed by atoms with van der Waals surface area (Å²) >= 11 is 5.85. The minimum atomic E-state index is -1.34. The summed E-state index contributed by atoms with van der Waals surface area (Å²) in [7, 11) is 0. The summed E-state index contributed by atoms with van der Waals surface area (Å²) in [5.74, 6) is -2.25. The van der Waals surface area contributed by atoms with Gasteiger partial charge in [0.25, 0.3) is 5.56 Å². The maximum Gasteiger partial charge on any atom is 0.341 e. The number of carboxylic acids is 1. The Kier molecular flexibility index (Phi) is 6.01. The molecule has 2 aromatic heterocycles. The Morgan fingerprint density at radius 3 is 2.53 bits per heavy atom. The Morgan fingerprint density at radius 1 is 1.23 bits per heavy atom. The molecule has 0 spiro atoms. The van der Waals surface area contributed by atoms with Gasteiger partial charge in [-0.05, 0) is 40.3 Å². The van der Waals surface area contributed by atoms with Crippen LogP contribution in [0.3, 0.4) is 0 Å². The Balaban J connectivity index is 2.23. The maximum atomic E-state index is 14.3. The molecule has 0 aliphatic heterocycles. The number of benzene rings is 1. The molecule has 7 heteroatoms. The van der Waals surface area contributed by atoms with Crippen molar-refractivity contribution >= 4 is 23.1 Å². The number of aromatic carboxylic acids is 1. The lowest BCUT2D eigenvalue weighted by Crippen LogP contribution is -2.28. The van der Waals surface area contributed by atoms with Crippen molar-refractivity contribution in [3.8, 4) is 0 Å². The zero-order valence-corrected chi connectivity index (χ0v) is 17.7. The molecular formula is C23H23ClFNO4. The van der Waals surface area contributed by atoms with Gasteiger partial charge < -0.3 is 10.2 Å². The van der Waals surface area contributed by atoms with Crippen LogP contribution in [0.4, 0.5) is 4.39 Å². The maximum absolute atomic E-state index is 14.3. The highest BCUT2D eigenvalue weighted by Crippen LogP contribution is 2.36. The molecule has 30 heavy (non-hydrogen) atoms. The van der Waals surface area contributed by atoms with Crippen LogP contribution in [0.2, 0.25) is 5.02 Å². The van der Waals surface area contributed by atoms with E-state index < -0.39 is 17.3 Å². The van der Waals surface area contributed by atoms with Crippen LogP contribution in [0.25, 0.3) is 5.52 Å². The number of pyridine rings is 2. The van der Waals surface area contributed by atoms with Crippen molar-refractivity contribution < 1.29 is 19.4 Å². The molecule has 3 aromatic rings. The summed E-state index contributed by atoms with van der Waals surface area (Å²) in [4.78, 5) is 24.5. The van der Waals surface area contributed by atoms with Crippen LogP contribution in [0.15, 0.2) is 47.4 Å². The van der Waals surface area contributed by atoms with Crippen molar-refractivity contribution in [2.45, 2.75) is 33.1 Å². The van der Waals surface area contributed by atoms with Crippen LogP contribution in [0, 0.1) is 11.2 Å². The van der Waals surface area contributed by atoms with Gasteiger partial charge in [0.1, 0.15) is 11.4 Å². The molecule has 0 radical (unpaired) electrons. The topological polar surface area (TPSA) is 79.0 Å². The number of nitrogens with zero attached hydrogens (tertiary/aromatic N) is 1. The van der Waals surface area contributed by atoms with Crippen molar-refractivity contribution in [2.24, 2.45) is 5.41 Å². The zero-order chi connectivity index (χ0) is 22.2. The van der Waals surface area contributed by atoms with E-state index in [1.54, 1.807) is 24.3 Å². The van der Waals surface area contributed by atoms with E-state index in [4.69, 9.17) is 11.6 Å². The van der Waals surface area contributed by atoms with Gasteiger partial charge in [-0.15, -0.1) is 0 Å². The normalized spacial score (nSPS) is 12.9. The van der Waals surface area contributed by atoms with Crippen molar-refractivity contribution in [1.82, 2.24) is 4.40 Å². The van der Waals surface area contributed by atoms with Crippen molar-refractivity contribution in [3.63, 3.8) is 0 Å². The predicted octanol–water partition coefficient (Wildman–Crippen LogP) is 4.50. The van der Waals surface area contributed by atoms with E-state index >= 15 is 0 Å². The fraction of sp³-hybridized carbons (Fsp3) is 0.304. The molecule has 0 saturated heterocycles. The smallest absolute Gasteiger partial charge is 0.341 e. The lowest BCUT2D eigenvalue weighted by atomic mass is 9.76. The lowest BCUT2D eigenvalue weighted by Gasteiger charge is -2.30. The third-order valence-electron chi connectivity index (χ3n) is 5.31. The Labute approximate surface area is 178 Å². The second-order valence-electron chi connectivity index (χ2n) is 8.41. The Hall–Kier alpha value is -2.70. The number of hydrogen-bond donors (Lipinski definition) is 2. The number of carbonyl (C=O) groups is 1. The SMILES string of the molecule is CC(C)(C)[C@@H](CO)c1cc(C(=O)O)c(=O)n2cc(Cc3cccc(Cl)c3F)ccc12. The van der Waals surface area contributed by atoms with Gasteiger partial charge >= 0.3 is 5.97 Å². The van der Waals surface area contributed by atoms with Gasteiger partial charge in [0.15, 0.2) is 0 Å². The van der Waals surface area contributed by atoms with Crippen molar-refractivity contribution in [2.75, 3.05) is 6.61 Å². The van der Waals surface area contributed by atoms with Crippen LogP contribution in [0.5, 0.6) is 0 Å². The Bertz CT molecular complexity index is 1180.